The number of nitrogens with zero attached hydrogens (tertiary/aromatic N) is 2. The van der Waals surface area contributed by atoms with Crippen LogP contribution in [0.15, 0.2) is 35.3 Å². The topological polar surface area (TPSA) is 88.1 Å². The second-order valence-corrected chi connectivity index (χ2v) is 7.30. The summed E-state index contributed by atoms with van der Waals surface area (Å²) in [5, 5.41) is 6.97. The number of fused-ring (bicyclic) bond motifs is 1. The number of rotatable bonds is 5. The van der Waals surface area contributed by atoms with E-state index in [-0.39, 0.29) is 39.1 Å². The van der Waals surface area contributed by atoms with E-state index in [9.17, 15) is 31.5 Å². The molecule has 0 aliphatic heterocycles. The SMILES string of the molecule is CNc1cc2c(cn1)cc(-c1cc(NC(=O)NC(C)F)c(F)cc1C)c(=O)n2CC(F)(F)F. The van der Waals surface area contributed by atoms with Gasteiger partial charge in [0.25, 0.3) is 5.56 Å². The molecular formula is C21H20F5N5O2. The molecule has 0 aliphatic rings. The van der Waals surface area contributed by atoms with Crippen LogP contribution in [0, 0.1) is 12.7 Å². The molecule has 12 heteroatoms. The Hall–Kier alpha value is -3.70. The van der Waals surface area contributed by atoms with E-state index in [1.807, 2.05) is 5.32 Å². The van der Waals surface area contributed by atoms with Crippen molar-refractivity contribution in [2.75, 3.05) is 17.7 Å². The zero-order valence-corrected chi connectivity index (χ0v) is 17.8. The number of aryl methyl sites for hydroxylation is 1. The van der Waals surface area contributed by atoms with E-state index >= 15 is 0 Å². The van der Waals surface area contributed by atoms with E-state index in [1.165, 1.54) is 32.3 Å². The van der Waals surface area contributed by atoms with E-state index in [0.29, 0.717) is 4.57 Å². The molecule has 1 atom stereocenters. The number of amides is 2. The summed E-state index contributed by atoms with van der Waals surface area (Å²) in [6, 6.07) is 3.77. The second kappa shape index (κ2) is 9.04. The maximum absolute atomic E-state index is 14.4. The standard InChI is InChI=1S/C21H20F5N5O2/c1-10-4-15(23)16(30-20(33)29-11(2)22)6-13(10)14-5-12-8-28-18(27-3)7-17(12)31(19(14)32)9-21(24,25)26/h4-8,11H,9H2,1-3H3,(H,27,28)(H2,29,30,33). The van der Waals surface area contributed by atoms with E-state index in [2.05, 4.69) is 15.6 Å². The lowest BCUT2D eigenvalue weighted by molar-refractivity contribution is -0.140. The summed E-state index contributed by atoms with van der Waals surface area (Å²) in [5.41, 5.74) is -1.14. The lowest BCUT2D eigenvalue weighted by Crippen LogP contribution is -2.33. The van der Waals surface area contributed by atoms with Crippen LogP contribution in [0.2, 0.25) is 0 Å². The van der Waals surface area contributed by atoms with Crippen LogP contribution < -0.4 is 21.5 Å². The third-order valence-corrected chi connectivity index (χ3v) is 4.75. The first-order valence-corrected chi connectivity index (χ1v) is 9.70. The largest absolute Gasteiger partial charge is 0.406 e. The van der Waals surface area contributed by atoms with Gasteiger partial charge in [0.2, 0.25) is 0 Å². The molecule has 0 saturated heterocycles. The van der Waals surface area contributed by atoms with Crippen LogP contribution in [0.5, 0.6) is 0 Å². The van der Waals surface area contributed by atoms with E-state index in [0.717, 1.165) is 19.1 Å². The number of aromatic nitrogens is 2. The fourth-order valence-corrected chi connectivity index (χ4v) is 3.34. The van der Waals surface area contributed by atoms with Crippen molar-refractivity contribution in [3.05, 3.63) is 52.2 Å². The highest BCUT2D eigenvalue weighted by atomic mass is 19.4. The Morgan fingerprint density at radius 2 is 1.88 bits per heavy atom. The molecule has 0 saturated carbocycles. The normalized spacial score (nSPS) is 12.5. The van der Waals surface area contributed by atoms with Crippen molar-refractivity contribution in [1.29, 1.82) is 0 Å². The highest BCUT2D eigenvalue weighted by molar-refractivity contribution is 5.91. The Balaban J connectivity index is 2.23. The van der Waals surface area contributed by atoms with Crippen LogP contribution in [0.1, 0.15) is 12.5 Å². The van der Waals surface area contributed by atoms with Crippen molar-refractivity contribution in [2.45, 2.75) is 32.9 Å². The van der Waals surface area contributed by atoms with Gasteiger partial charge in [0, 0.05) is 30.3 Å². The molecule has 2 aromatic heterocycles. The fraction of sp³-hybridized carbons (Fsp3) is 0.286. The van der Waals surface area contributed by atoms with Gasteiger partial charge in [-0.05, 0) is 43.2 Å². The first kappa shape index (κ1) is 24.0. The summed E-state index contributed by atoms with van der Waals surface area (Å²) in [7, 11) is 1.53. The third kappa shape index (κ3) is 5.38. The van der Waals surface area contributed by atoms with Crippen molar-refractivity contribution in [1.82, 2.24) is 14.9 Å². The lowest BCUT2D eigenvalue weighted by Gasteiger charge is -2.17. The number of carbonyl (C=O) groups excluding carboxylic acids is 1. The Labute approximate surface area is 184 Å². The van der Waals surface area contributed by atoms with E-state index < -0.39 is 36.4 Å². The number of urea groups is 1. The van der Waals surface area contributed by atoms with Crippen molar-refractivity contribution < 1.29 is 26.7 Å². The minimum Gasteiger partial charge on any atom is -0.373 e. The molecule has 1 unspecified atom stereocenters. The zero-order chi connectivity index (χ0) is 24.5. The average Bonchev–Trinajstić information content (AvgIpc) is 2.70. The molecule has 0 fully saturated rings. The molecule has 1 aromatic carbocycles. The minimum atomic E-state index is -4.69. The van der Waals surface area contributed by atoms with Gasteiger partial charge in [0.15, 0.2) is 6.30 Å². The van der Waals surface area contributed by atoms with Crippen molar-refractivity contribution in [2.24, 2.45) is 0 Å². The number of alkyl halides is 4. The molecule has 3 N–H and O–H groups in total. The van der Waals surface area contributed by atoms with Crippen molar-refractivity contribution in [3.63, 3.8) is 0 Å². The summed E-state index contributed by atoms with van der Waals surface area (Å²) < 4.78 is 67.8. The molecule has 2 amide bonds. The molecule has 33 heavy (non-hydrogen) atoms. The van der Waals surface area contributed by atoms with Gasteiger partial charge in [-0.1, -0.05) is 0 Å². The molecule has 7 nitrogen and oxygen atoms in total. The number of anilines is 2. The molecule has 0 bridgehead atoms. The van der Waals surface area contributed by atoms with Crippen LogP contribution in [0.3, 0.4) is 0 Å². The van der Waals surface area contributed by atoms with Gasteiger partial charge >= 0.3 is 12.2 Å². The first-order chi connectivity index (χ1) is 15.4. The van der Waals surface area contributed by atoms with Gasteiger partial charge in [-0.15, -0.1) is 0 Å². The number of benzene rings is 1. The predicted octanol–water partition coefficient (Wildman–Crippen LogP) is 4.55. The third-order valence-electron chi connectivity index (χ3n) is 4.75. The average molecular weight is 469 g/mol. The van der Waals surface area contributed by atoms with Gasteiger partial charge in [-0.3, -0.25) is 9.36 Å². The molecule has 0 aliphatic carbocycles. The van der Waals surface area contributed by atoms with Gasteiger partial charge in [0.05, 0.1) is 11.2 Å². The number of nitrogens with one attached hydrogen (secondary N) is 3. The van der Waals surface area contributed by atoms with Gasteiger partial charge in [0.1, 0.15) is 18.2 Å². The van der Waals surface area contributed by atoms with Gasteiger partial charge < -0.3 is 16.0 Å². The summed E-state index contributed by atoms with van der Waals surface area (Å²) in [6.45, 7) is 0.972. The van der Waals surface area contributed by atoms with Crippen LogP contribution in [-0.4, -0.2) is 35.1 Å². The number of hydrogen-bond acceptors (Lipinski definition) is 4. The van der Waals surface area contributed by atoms with Crippen LogP contribution in [-0.2, 0) is 6.54 Å². The summed E-state index contributed by atoms with van der Waals surface area (Å²) in [5.74, 6) is -0.599. The Bertz CT molecular complexity index is 1270. The van der Waals surface area contributed by atoms with Gasteiger partial charge in [-0.2, -0.15) is 13.2 Å². The van der Waals surface area contributed by atoms with Crippen molar-refractivity contribution >= 4 is 28.4 Å². The number of pyridine rings is 2. The van der Waals surface area contributed by atoms with Crippen molar-refractivity contribution in [3.8, 4) is 11.1 Å². The summed E-state index contributed by atoms with van der Waals surface area (Å²) >= 11 is 0. The second-order valence-electron chi connectivity index (χ2n) is 7.30. The smallest absolute Gasteiger partial charge is 0.373 e. The molecule has 3 rings (SSSR count). The zero-order valence-electron chi connectivity index (χ0n) is 17.8. The minimum absolute atomic E-state index is 0.00912. The summed E-state index contributed by atoms with van der Waals surface area (Å²) in [4.78, 5) is 29.0. The van der Waals surface area contributed by atoms with E-state index in [1.54, 1.807) is 0 Å². The molecule has 3 aromatic rings. The fourth-order valence-electron chi connectivity index (χ4n) is 3.34. The van der Waals surface area contributed by atoms with Crippen LogP contribution >= 0.6 is 0 Å². The molecular weight excluding hydrogens is 449 g/mol. The summed E-state index contributed by atoms with van der Waals surface area (Å²) in [6.07, 6.45) is -5.09. The maximum Gasteiger partial charge on any atom is 0.406 e. The molecule has 176 valence electrons. The van der Waals surface area contributed by atoms with Gasteiger partial charge in [-0.25, -0.2) is 18.6 Å². The quantitative estimate of drug-likeness (QED) is 0.378. The first-order valence-electron chi connectivity index (χ1n) is 9.70. The monoisotopic (exact) mass is 469 g/mol. The van der Waals surface area contributed by atoms with Crippen LogP contribution in [0.4, 0.5) is 38.3 Å². The molecule has 0 spiro atoms. The number of carbonyl (C=O) groups is 1. The number of halogens is 5. The van der Waals surface area contributed by atoms with E-state index in [4.69, 9.17) is 0 Å². The molecule has 0 radical (unpaired) electrons. The Kier molecular flexibility index (Phi) is 6.56. The lowest BCUT2D eigenvalue weighted by atomic mass is 9.99. The Morgan fingerprint density at radius 1 is 1.18 bits per heavy atom. The predicted molar refractivity (Wildman–Crippen MR) is 114 cm³/mol. The highest BCUT2D eigenvalue weighted by Gasteiger charge is 2.30. The van der Waals surface area contributed by atoms with Crippen LogP contribution in [0.25, 0.3) is 22.0 Å². The maximum atomic E-state index is 14.4. The Morgan fingerprint density at radius 3 is 2.48 bits per heavy atom. The molecule has 2 heterocycles. The highest BCUT2D eigenvalue weighted by Crippen LogP contribution is 2.30. The number of hydrogen-bond donors (Lipinski definition) is 3.